The predicted octanol–water partition coefficient (Wildman–Crippen LogP) is 4.58. The van der Waals surface area contributed by atoms with E-state index in [4.69, 9.17) is 4.74 Å². The molecule has 4 nitrogen and oxygen atoms in total. The number of rotatable bonds is 4. The summed E-state index contributed by atoms with van der Waals surface area (Å²) in [5.74, 6) is 0.649. The van der Waals surface area contributed by atoms with Gasteiger partial charge in [0.2, 0.25) is 0 Å². The smallest absolute Gasteiger partial charge is 0.263 e. The zero-order valence-corrected chi connectivity index (χ0v) is 14.3. The number of aromatic nitrogens is 1. The largest absolute Gasteiger partial charge is 0.495 e. The molecule has 4 rings (SSSR count). The van der Waals surface area contributed by atoms with Crippen molar-refractivity contribution in [1.29, 1.82) is 0 Å². The molecule has 2 heterocycles. The first-order valence-electron chi connectivity index (χ1n) is 8.37. The number of para-hydroxylation sites is 1. The summed E-state index contributed by atoms with van der Waals surface area (Å²) >= 11 is 0. The maximum Gasteiger partial charge on any atom is 0.263 e. The molecule has 0 aliphatic carbocycles. The van der Waals surface area contributed by atoms with Gasteiger partial charge in [-0.2, -0.15) is 0 Å². The molecule has 26 heavy (non-hydrogen) atoms. The number of carbonyl (C=O) groups excluding carboxylic acids is 1. The minimum absolute atomic E-state index is 0.0602. The Kier molecular flexibility index (Phi) is 4.15. The van der Waals surface area contributed by atoms with Crippen molar-refractivity contribution >= 4 is 29.3 Å². The zero-order valence-electron chi connectivity index (χ0n) is 14.3. The van der Waals surface area contributed by atoms with Crippen LogP contribution in [-0.4, -0.2) is 18.0 Å². The standard InChI is InChI=1S/C22H18N2O2/c1-26-21-11-13-23-19(21)15-18-17-9-5-6-10-20(17)24(22(18)25)14-12-16-7-3-2-4-8-16/h2-15,23H,1H3/b14-12+,18-15-. The van der Waals surface area contributed by atoms with Crippen LogP contribution < -0.4 is 9.64 Å². The molecule has 0 unspecified atom stereocenters. The Morgan fingerprint density at radius 1 is 1.00 bits per heavy atom. The number of aromatic amines is 1. The van der Waals surface area contributed by atoms with Gasteiger partial charge in [-0.15, -0.1) is 0 Å². The molecule has 4 heteroatoms. The molecule has 1 aliphatic heterocycles. The molecular formula is C22H18N2O2. The normalized spacial score (nSPS) is 15.0. The van der Waals surface area contributed by atoms with Crippen LogP contribution in [0, 0.1) is 0 Å². The number of fused-ring (bicyclic) bond motifs is 1. The summed E-state index contributed by atoms with van der Waals surface area (Å²) in [6.07, 6.45) is 7.40. The highest BCUT2D eigenvalue weighted by Crippen LogP contribution is 2.38. The second-order valence-electron chi connectivity index (χ2n) is 5.94. The van der Waals surface area contributed by atoms with Gasteiger partial charge in [-0.3, -0.25) is 9.69 Å². The zero-order chi connectivity index (χ0) is 17.9. The summed E-state index contributed by atoms with van der Waals surface area (Å²) in [6.45, 7) is 0. The maximum atomic E-state index is 13.1. The van der Waals surface area contributed by atoms with Gasteiger partial charge in [0.05, 0.1) is 24.1 Å². The molecule has 128 valence electrons. The van der Waals surface area contributed by atoms with E-state index in [9.17, 15) is 4.79 Å². The molecular weight excluding hydrogens is 324 g/mol. The number of H-pyrrole nitrogens is 1. The van der Waals surface area contributed by atoms with E-state index in [-0.39, 0.29) is 5.91 Å². The van der Waals surface area contributed by atoms with Crippen molar-refractivity contribution in [1.82, 2.24) is 4.98 Å². The molecule has 1 aromatic heterocycles. The quantitative estimate of drug-likeness (QED) is 0.705. The number of hydrogen-bond donors (Lipinski definition) is 1. The molecule has 1 amide bonds. The van der Waals surface area contributed by atoms with E-state index in [0.717, 1.165) is 22.5 Å². The van der Waals surface area contributed by atoms with Crippen molar-refractivity contribution < 1.29 is 9.53 Å². The van der Waals surface area contributed by atoms with Gasteiger partial charge in [0.15, 0.2) is 0 Å². The van der Waals surface area contributed by atoms with Gasteiger partial charge in [-0.05, 0) is 29.8 Å². The van der Waals surface area contributed by atoms with Gasteiger partial charge >= 0.3 is 0 Å². The monoisotopic (exact) mass is 342 g/mol. The first-order valence-corrected chi connectivity index (χ1v) is 8.37. The number of ether oxygens (including phenoxy) is 1. The average molecular weight is 342 g/mol. The van der Waals surface area contributed by atoms with E-state index < -0.39 is 0 Å². The summed E-state index contributed by atoms with van der Waals surface area (Å²) in [5.41, 5.74) is 4.24. The first kappa shape index (κ1) is 16.0. The number of carbonyl (C=O) groups is 1. The van der Waals surface area contributed by atoms with Crippen LogP contribution in [0.2, 0.25) is 0 Å². The van der Waals surface area contributed by atoms with Crippen molar-refractivity contribution in [3.05, 3.63) is 89.9 Å². The summed E-state index contributed by atoms with van der Waals surface area (Å²) in [6, 6.07) is 19.6. The second kappa shape index (κ2) is 6.76. The molecule has 0 saturated heterocycles. The average Bonchev–Trinajstić information content (AvgIpc) is 3.24. The Hall–Kier alpha value is -3.53. The Morgan fingerprint density at radius 3 is 2.58 bits per heavy atom. The lowest BCUT2D eigenvalue weighted by atomic mass is 10.1. The van der Waals surface area contributed by atoms with E-state index in [0.29, 0.717) is 11.3 Å². The number of anilines is 1. The third-order valence-corrected chi connectivity index (χ3v) is 4.37. The number of methoxy groups -OCH3 is 1. The lowest BCUT2D eigenvalue weighted by Crippen LogP contribution is -2.19. The van der Waals surface area contributed by atoms with E-state index in [1.54, 1.807) is 18.2 Å². The van der Waals surface area contributed by atoms with E-state index >= 15 is 0 Å². The first-order chi connectivity index (χ1) is 12.8. The summed E-state index contributed by atoms with van der Waals surface area (Å²) in [4.78, 5) is 17.9. The molecule has 1 aliphatic rings. The highest BCUT2D eigenvalue weighted by Gasteiger charge is 2.31. The number of amides is 1. The minimum atomic E-state index is -0.0602. The third kappa shape index (κ3) is 2.82. The summed E-state index contributed by atoms with van der Waals surface area (Å²) in [7, 11) is 1.62. The Morgan fingerprint density at radius 2 is 1.77 bits per heavy atom. The van der Waals surface area contributed by atoms with Gasteiger partial charge in [0, 0.05) is 18.0 Å². The molecule has 0 fully saturated rings. The fraction of sp³-hybridized carbons (Fsp3) is 0.0455. The SMILES string of the molecule is COc1cc[nH]c1/C=C1\C(=O)N(/C=C/c2ccccc2)c2ccccc21. The number of benzene rings is 2. The van der Waals surface area contributed by atoms with Crippen LogP contribution in [0.5, 0.6) is 5.75 Å². The molecule has 0 saturated carbocycles. The van der Waals surface area contributed by atoms with Crippen LogP contribution in [0.1, 0.15) is 16.8 Å². The fourth-order valence-electron chi connectivity index (χ4n) is 3.08. The predicted molar refractivity (Wildman–Crippen MR) is 105 cm³/mol. The molecule has 2 aromatic carbocycles. The molecule has 1 N–H and O–H groups in total. The molecule has 0 atom stereocenters. The van der Waals surface area contributed by atoms with Crippen LogP contribution in [0.15, 0.2) is 73.1 Å². The van der Waals surface area contributed by atoms with Crippen molar-refractivity contribution in [3.63, 3.8) is 0 Å². The number of nitrogens with zero attached hydrogens (tertiary/aromatic N) is 1. The molecule has 0 bridgehead atoms. The summed E-state index contributed by atoms with van der Waals surface area (Å²) < 4.78 is 5.34. The Balaban J connectivity index is 1.75. The van der Waals surface area contributed by atoms with Gasteiger partial charge in [-0.25, -0.2) is 0 Å². The van der Waals surface area contributed by atoms with Crippen molar-refractivity contribution in [2.45, 2.75) is 0 Å². The third-order valence-electron chi connectivity index (χ3n) is 4.37. The van der Waals surface area contributed by atoms with Gasteiger partial charge in [-0.1, -0.05) is 48.5 Å². The maximum absolute atomic E-state index is 13.1. The number of hydrogen-bond acceptors (Lipinski definition) is 2. The molecule has 3 aromatic rings. The van der Waals surface area contributed by atoms with E-state index in [2.05, 4.69) is 4.98 Å². The van der Waals surface area contributed by atoms with Crippen LogP contribution >= 0.6 is 0 Å². The Labute approximate surface area is 152 Å². The second-order valence-corrected chi connectivity index (χ2v) is 5.94. The topological polar surface area (TPSA) is 45.3 Å². The van der Waals surface area contributed by atoms with Crippen LogP contribution in [0.4, 0.5) is 5.69 Å². The van der Waals surface area contributed by atoms with E-state index in [1.807, 2.05) is 79.0 Å². The van der Waals surface area contributed by atoms with Crippen LogP contribution in [0.3, 0.4) is 0 Å². The molecule has 0 spiro atoms. The van der Waals surface area contributed by atoms with E-state index in [1.165, 1.54) is 0 Å². The highest BCUT2D eigenvalue weighted by atomic mass is 16.5. The van der Waals surface area contributed by atoms with Crippen LogP contribution in [0.25, 0.3) is 17.7 Å². The Bertz CT molecular complexity index is 1000. The fourth-order valence-corrected chi connectivity index (χ4v) is 3.08. The van der Waals surface area contributed by atoms with Crippen molar-refractivity contribution in [3.8, 4) is 5.75 Å². The van der Waals surface area contributed by atoms with Gasteiger partial charge in [0.25, 0.3) is 5.91 Å². The molecule has 0 radical (unpaired) electrons. The lowest BCUT2D eigenvalue weighted by molar-refractivity contribution is -0.112. The van der Waals surface area contributed by atoms with Crippen molar-refractivity contribution in [2.24, 2.45) is 0 Å². The van der Waals surface area contributed by atoms with Crippen LogP contribution in [-0.2, 0) is 4.79 Å². The number of nitrogens with one attached hydrogen (secondary N) is 1. The van der Waals surface area contributed by atoms with Gasteiger partial charge < -0.3 is 9.72 Å². The highest BCUT2D eigenvalue weighted by molar-refractivity contribution is 6.36. The summed E-state index contributed by atoms with van der Waals surface area (Å²) in [5, 5.41) is 0. The van der Waals surface area contributed by atoms with Gasteiger partial charge in [0.1, 0.15) is 5.75 Å². The van der Waals surface area contributed by atoms with Crippen molar-refractivity contribution in [2.75, 3.05) is 12.0 Å². The lowest BCUT2D eigenvalue weighted by Gasteiger charge is -2.11. The minimum Gasteiger partial charge on any atom is -0.495 e.